The number of rotatable bonds is 8. The number of ketones is 1. The van der Waals surface area contributed by atoms with Gasteiger partial charge in [-0.2, -0.15) is 0 Å². The molecule has 1 aliphatic heterocycles. The second-order valence-corrected chi connectivity index (χ2v) is 10.1. The highest BCUT2D eigenvalue weighted by Crippen LogP contribution is 2.33. The molecule has 2 amide bonds. The minimum atomic E-state index is -4.06. The van der Waals surface area contributed by atoms with Crippen LogP contribution < -0.4 is 15.0 Å². The molecule has 1 aliphatic rings. The van der Waals surface area contributed by atoms with E-state index in [-0.39, 0.29) is 18.1 Å². The van der Waals surface area contributed by atoms with Crippen LogP contribution in [0.25, 0.3) is 0 Å². The van der Waals surface area contributed by atoms with Crippen LogP contribution in [-0.4, -0.2) is 50.2 Å². The molecule has 0 fully saturated rings. The van der Waals surface area contributed by atoms with Crippen molar-refractivity contribution in [3.63, 3.8) is 0 Å². The summed E-state index contributed by atoms with van der Waals surface area (Å²) in [5.74, 6) is -1.94. The standard InChI is InChI=1S/C23H26N2O6S/c1-4-11-25-19-12-17(7-10-20(19)31-13-22(25)27)23(28)16(3)32(29,30)14-21(26)24-18-8-5-15(2)6-9-18/h5-10,12,16H,4,11,13-14H2,1-3H3,(H,24,26). The van der Waals surface area contributed by atoms with Gasteiger partial charge in [-0.1, -0.05) is 24.6 Å². The van der Waals surface area contributed by atoms with E-state index < -0.39 is 32.5 Å². The largest absolute Gasteiger partial charge is 0.482 e. The van der Waals surface area contributed by atoms with E-state index in [1.54, 1.807) is 30.3 Å². The molecule has 0 aliphatic carbocycles. The van der Waals surface area contributed by atoms with Gasteiger partial charge in [-0.05, 0) is 50.6 Å². The lowest BCUT2D eigenvalue weighted by molar-refractivity contribution is -0.121. The molecule has 2 aromatic carbocycles. The van der Waals surface area contributed by atoms with Crippen molar-refractivity contribution in [1.29, 1.82) is 0 Å². The fourth-order valence-electron chi connectivity index (χ4n) is 3.36. The summed E-state index contributed by atoms with van der Waals surface area (Å²) in [5.41, 5.74) is 2.06. The van der Waals surface area contributed by atoms with Gasteiger partial charge in [0.2, 0.25) is 5.91 Å². The number of carbonyl (C=O) groups excluding carboxylic acids is 3. The summed E-state index contributed by atoms with van der Waals surface area (Å²) < 4.78 is 30.9. The highest BCUT2D eigenvalue weighted by Gasteiger charge is 2.32. The van der Waals surface area contributed by atoms with Crippen LogP contribution >= 0.6 is 0 Å². The van der Waals surface area contributed by atoms with Crippen molar-refractivity contribution < 1.29 is 27.5 Å². The quantitative estimate of drug-likeness (QED) is 0.609. The van der Waals surface area contributed by atoms with Crippen LogP contribution in [0.3, 0.4) is 0 Å². The maximum atomic E-state index is 12.9. The summed E-state index contributed by atoms with van der Waals surface area (Å²) in [4.78, 5) is 38.9. The molecule has 170 valence electrons. The molecule has 0 saturated carbocycles. The van der Waals surface area contributed by atoms with E-state index in [1.807, 2.05) is 13.8 Å². The van der Waals surface area contributed by atoms with Gasteiger partial charge in [0.25, 0.3) is 5.91 Å². The van der Waals surface area contributed by atoms with E-state index in [1.165, 1.54) is 24.0 Å². The fraction of sp³-hybridized carbons (Fsp3) is 0.348. The number of amides is 2. The molecule has 1 N–H and O–H groups in total. The third-order valence-corrected chi connectivity index (χ3v) is 7.17. The molecule has 0 saturated heterocycles. The van der Waals surface area contributed by atoms with Gasteiger partial charge in [-0.3, -0.25) is 14.4 Å². The normalized spacial score (nSPS) is 14.3. The summed E-state index contributed by atoms with van der Waals surface area (Å²) in [6.07, 6.45) is 0.713. The minimum Gasteiger partial charge on any atom is -0.482 e. The van der Waals surface area contributed by atoms with Crippen LogP contribution in [0.1, 0.15) is 36.2 Å². The Morgan fingerprint density at radius 2 is 1.84 bits per heavy atom. The van der Waals surface area contributed by atoms with Gasteiger partial charge in [-0.25, -0.2) is 8.42 Å². The average molecular weight is 459 g/mol. The SMILES string of the molecule is CCCN1C(=O)COc2ccc(C(=O)C(C)S(=O)(=O)CC(=O)Nc3ccc(C)cc3)cc21. The van der Waals surface area contributed by atoms with Crippen molar-refractivity contribution in [2.45, 2.75) is 32.4 Å². The first-order valence-corrected chi connectivity index (χ1v) is 12.0. The number of fused-ring (bicyclic) bond motifs is 1. The van der Waals surface area contributed by atoms with Crippen LogP contribution in [-0.2, 0) is 19.4 Å². The van der Waals surface area contributed by atoms with Crippen LogP contribution in [0.4, 0.5) is 11.4 Å². The first kappa shape index (κ1) is 23.5. The maximum Gasteiger partial charge on any atom is 0.265 e. The average Bonchev–Trinajstić information content (AvgIpc) is 2.75. The van der Waals surface area contributed by atoms with Crippen LogP contribution in [0.15, 0.2) is 42.5 Å². The van der Waals surface area contributed by atoms with Gasteiger partial charge in [0.1, 0.15) is 16.8 Å². The number of nitrogens with zero attached hydrogens (tertiary/aromatic N) is 1. The molecule has 8 nitrogen and oxygen atoms in total. The van der Waals surface area contributed by atoms with Crippen molar-refractivity contribution in [3.05, 3.63) is 53.6 Å². The Bertz CT molecular complexity index is 1140. The van der Waals surface area contributed by atoms with Crippen LogP contribution in [0.2, 0.25) is 0 Å². The maximum absolute atomic E-state index is 12.9. The number of hydrogen-bond acceptors (Lipinski definition) is 6. The molecule has 2 aromatic rings. The van der Waals surface area contributed by atoms with E-state index in [0.29, 0.717) is 30.1 Å². The van der Waals surface area contributed by atoms with Crippen molar-refractivity contribution in [2.24, 2.45) is 0 Å². The Balaban J connectivity index is 1.76. The molecular weight excluding hydrogens is 432 g/mol. The fourth-order valence-corrected chi connectivity index (χ4v) is 4.51. The molecule has 0 aromatic heterocycles. The number of carbonyl (C=O) groups is 3. The molecule has 0 bridgehead atoms. The van der Waals surface area contributed by atoms with Gasteiger partial charge in [0.05, 0.1) is 5.69 Å². The summed E-state index contributed by atoms with van der Waals surface area (Å²) in [6.45, 7) is 5.46. The molecule has 1 heterocycles. The van der Waals surface area contributed by atoms with E-state index in [4.69, 9.17) is 4.74 Å². The second-order valence-electron chi connectivity index (χ2n) is 7.74. The third kappa shape index (κ3) is 5.16. The molecule has 0 radical (unpaired) electrons. The van der Waals surface area contributed by atoms with Gasteiger partial charge in [-0.15, -0.1) is 0 Å². The topological polar surface area (TPSA) is 110 Å². The zero-order chi connectivity index (χ0) is 23.5. The lowest BCUT2D eigenvalue weighted by Crippen LogP contribution is -2.39. The molecule has 1 unspecified atom stereocenters. The zero-order valence-electron chi connectivity index (χ0n) is 18.3. The van der Waals surface area contributed by atoms with Crippen molar-refractivity contribution in [1.82, 2.24) is 0 Å². The number of hydrogen-bond donors (Lipinski definition) is 1. The molecule has 32 heavy (non-hydrogen) atoms. The summed E-state index contributed by atoms with van der Waals surface area (Å²) in [6, 6.07) is 11.4. The third-order valence-electron chi connectivity index (χ3n) is 5.21. The number of anilines is 2. The monoisotopic (exact) mass is 458 g/mol. The van der Waals surface area contributed by atoms with E-state index in [0.717, 1.165) is 5.56 Å². The lowest BCUT2D eigenvalue weighted by atomic mass is 10.1. The van der Waals surface area contributed by atoms with E-state index >= 15 is 0 Å². The Kier molecular flexibility index (Phi) is 6.98. The van der Waals surface area contributed by atoms with Crippen LogP contribution in [0, 0.1) is 6.92 Å². The Morgan fingerprint density at radius 1 is 1.16 bits per heavy atom. The highest BCUT2D eigenvalue weighted by atomic mass is 32.2. The molecular formula is C23H26N2O6S. The summed E-state index contributed by atoms with van der Waals surface area (Å²) in [7, 11) is -4.06. The second kappa shape index (κ2) is 9.52. The Hall–Kier alpha value is -3.20. The number of ether oxygens (including phenoxy) is 1. The molecule has 3 rings (SSSR count). The number of aryl methyl sites for hydroxylation is 1. The predicted molar refractivity (Wildman–Crippen MR) is 122 cm³/mol. The lowest BCUT2D eigenvalue weighted by Gasteiger charge is -2.29. The summed E-state index contributed by atoms with van der Waals surface area (Å²) in [5, 5.41) is 1.11. The van der Waals surface area contributed by atoms with Crippen molar-refractivity contribution in [2.75, 3.05) is 29.1 Å². The van der Waals surface area contributed by atoms with Gasteiger partial charge in [0, 0.05) is 17.8 Å². The predicted octanol–water partition coefficient (Wildman–Crippen LogP) is 2.76. The van der Waals surface area contributed by atoms with Gasteiger partial charge in [0.15, 0.2) is 22.2 Å². The Morgan fingerprint density at radius 3 is 2.50 bits per heavy atom. The van der Waals surface area contributed by atoms with E-state index in [2.05, 4.69) is 5.32 Å². The number of Topliss-reactive ketones (excluding diaryl/α,β-unsaturated/α-hetero) is 1. The van der Waals surface area contributed by atoms with Crippen molar-refractivity contribution in [3.8, 4) is 5.75 Å². The zero-order valence-corrected chi connectivity index (χ0v) is 19.1. The highest BCUT2D eigenvalue weighted by molar-refractivity contribution is 7.93. The number of sulfone groups is 1. The Labute approximate surface area is 187 Å². The van der Waals surface area contributed by atoms with E-state index in [9.17, 15) is 22.8 Å². The van der Waals surface area contributed by atoms with Crippen molar-refractivity contribution >= 4 is 38.8 Å². The molecule has 9 heteroatoms. The first-order chi connectivity index (χ1) is 15.1. The van der Waals surface area contributed by atoms with Gasteiger partial charge >= 0.3 is 0 Å². The number of nitrogens with one attached hydrogen (secondary N) is 1. The van der Waals surface area contributed by atoms with Crippen LogP contribution in [0.5, 0.6) is 5.75 Å². The van der Waals surface area contributed by atoms with Gasteiger partial charge < -0.3 is 15.0 Å². The smallest absolute Gasteiger partial charge is 0.265 e. The summed E-state index contributed by atoms with van der Waals surface area (Å²) >= 11 is 0. The number of benzene rings is 2. The molecule has 0 spiro atoms. The minimum absolute atomic E-state index is 0.0822. The first-order valence-electron chi connectivity index (χ1n) is 10.3. The molecule has 1 atom stereocenters.